The van der Waals surface area contributed by atoms with Gasteiger partial charge in [0.1, 0.15) is 5.69 Å². The molecule has 7 heteroatoms. The molecule has 35 heavy (non-hydrogen) atoms. The maximum Gasteiger partial charge on any atom is 0.264 e. The highest BCUT2D eigenvalue weighted by Gasteiger charge is 2.54. The van der Waals surface area contributed by atoms with Crippen molar-refractivity contribution in [1.29, 1.82) is 0 Å². The molecule has 0 bridgehead atoms. The molecule has 0 spiro atoms. The Morgan fingerprint density at radius 1 is 0.857 bits per heavy atom. The Balaban J connectivity index is 1.54. The number of pyridine rings is 1. The zero-order valence-corrected chi connectivity index (χ0v) is 18.8. The summed E-state index contributed by atoms with van der Waals surface area (Å²) < 4.78 is 1.57. The predicted octanol–water partition coefficient (Wildman–Crippen LogP) is 4.56. The molecular weight excluding hydrogens is 440 g/mol. The minimum atomic E-state index is -1.94. The van der Waals surface area contributed by atoms with Crippen LogP contribution in [-0.4, -0.2) is 27.1 Å². The number of Topliss-reactive ketones (excluding diaryl/α,β-unsaturated/α-hetero) is 1. The minimum Gasteiger partial charge on any atom is -0.307 e. The molecule has 6 rings (SSSR count). The lowest BCUT2D eigenvalue weighted by molar-refractivity contribution is -0.120. The Labute approximate surface area is 200 Å². The summed E-state index contributed by atoms with van der Waals surface area (Å²) in [5.74, 6) is -1.30. The molecular formula is C28H20N4O3. The highest BCUT2D eigenvalue weighted by molar-refractivity contribution is 6.28. The number of carbonyl (C=O) groups excluding carboxylic acids is 3. The Hall–Kier alpha value is -4.62. The molecule has 170 valence electrons. The molecule has 1 amide bonds. The monoisotopic (exact) mass is 460 g/mol. The smallest absolute Gasteiger partial charge is 0.264 e. The quantitative estimate of drug-likeness (QED) is 0.314. The standard InChI is InChI=1S/C28H20N4O3/c1-17(33)31-23-13-7-5-11-19(23)20-15-22(30-16-25(20)31)26(34)28(29)21-12-6-8-14-24(21)32(27(28)35)18-9-3-2-4-10-18/h2-16H,29H2,1H3. The summed E-state index contributed by atoms with van der Waals surface area (Å²) in [7, 11) is 0. The topological polar surface area (TPSA) is 98.3 Å². The maximum atomic E-state index is 13.9. The number of benzene rings is 3. The lowest BCUT2D eigenvalue weighted by atomic mass is 9.86. The van der Waals surface area contributed by atoms with Crippen molar-refractivity contribution >= 4 is 50.8 Å². The Morgan fingerprint density at radius 2 is 1.54 bits per heavy atom. The Kier molecular flexibility index (Phi) is 4.46. The molecule has 0 fully saturated rings. The summed E-state index contributed by atoms with van der Waals surface area (Å²) in [4.78, 5) is 45.9. The van der Waals surface area contributed by atoms with Gasteiger partial charge in [-0.25, -0.2) is 0 Å². The lowest BCUT2D eigenvalue weighted by Gasteiger charge is -2.23. The van der Waals surface area contributed by atoms with E-state index >= 15 is 0 Å². The summed E-state index contributed by atoms with van der Waals surface area (Å²) in [6.45, 7) is 1.48. The van der Waals surface area contributed by atoms with E-state index in [9.17, 15) is 14.4 Å². The molecule has 3 aromatic carbocycles. The van der Waals surface area contributed by atoms with Gasteiger partial charge in [-0.3, -0.25) is 28.8 Å². The van der Waals surface area contributed by atoms with Crippen LogP contribution in [0.1, 0.15) is 27.8 Å². The summed E-state index contributed by atoms with van der Waals surface area (Å²) in [6, 6.07) is 25.2. The highest BCUT2D eigenvalue weighted by atomic mass is 16.2. The second-order valence-corrected chi connectivity index (χ2v) is 8.59. The lowest BCUT2D eigenvalue weighted by Crippen LogP contribution is -2.52. The first-order valence-electron chi connectivity index (χ1n) is 11.2. The van der Waals surface area contributed by atoms with Crippen LogP contribution in [0.2, 0.25) is 0 Å². The normalized spacial score (nSPS) is 17.2. The number of nitrogens with two attached hydrogens (primary N) is 1. The zero-order valence-electron chi connectivity index (χ0n) is 18.8. The van der Waals surface area contributed by atoms with Gasteiger partial charge in [-0.2, -0.15) is 0 Å². The third-order valence-electron chi connectivity index (χ3n) is 6.59. The van der Waals surface area contributed by atoms with Crippen LogP contribution in [0.15, 0.2) is 91.1 Å². The number of carbonyl (C=O) groups is 3. The molecule has 0 saturated carbocycles. The summed E-state index contributed by atoms with van der Waals surface area (Å²) in [6.07, 6.45) is 1.49. The molecule has 0 radical (unpaired) electrons. The molecule has 1 atom stereocenters. The van der Waals surface area contributed by atoms with Crippen LogP contribution in [0.25, 0.3) is 21.8 Å². The van der Waals surface area contributed by atoms with Gasteiger partial charge in [0, 0.05) is 28.9 Å². The Morgan fingerprint density at radius 3 is 2.31 bits per heavy atom. The van der Waals surface area contributed by atoms with Crippen molar-refractivity contribution in [3.8, 4) is 0 Å². The van der Waals surface area contributed by atoms with Crippen LogP contribution in [0.3, 0.4) is 0 Å². The number of hydrogen-bond donors (Lipinski definition) is 1. The fourth-order valence-corrected chi connectivity index (χ4v) is 4.99. The van der Waals surface area contributed by atoms with E-state index < -0.39 is 17.2 Å². The fourth-order valence-electron chi connectivity index (χ4n) is 4.99. The van der Waals surface area contributed by atoms with Gasteiger partial charge in [0.05, 0.1) is 22.9 Å². The number of nitrogens with zero attached hydrogens (tertiary/aromatic N) is 3. The van der Waals surface area contributed by atoms with Gasteiger partial charge >= 0.3 is 0 Å². The molecule has 1 aliphatic rings. The average molecular weight is 460 g/mol. The number of anilines is 2. The van der Waals surface area contributed by atoms with Crippen molar-refractivity contribution in [1.82, 2.24) is 9.55 Å². The van der Waals surface area contributed by atoms with Crippen LogP contribution in [-0.2, 0) is 10.3 Å². The van der Waals surface area contributed by atoms with Crippen molar-refractivity contribution in [3.63, 3.8) is 0 Å². The van der Waals surface area contributed by atoms with E-state index in [1.54, 1.807) is 47.0 Å². The third kappa shape index (κ3) is 2.82. The van der Waals surface area contributed by atoms with Gasteiger partial charge < -0.3 is 5.73 Å². The summed E-state index contributed by atoms with van der Waals surface area (Å²) in [5, 5.41) is 1.50. The predicted molar refractivity (Wildman–Crippen MR) is 134 cm³/mol. The minimum absolute atomic E-state index is 0.0597. The van der Waals surface area contributed by atoms with Gasteiger partial charge in [-0.05, 0) is 30.3 Å². The molecule has 2 aromatic heterocycles. The molecule has 1 aliphatic heterocycles. The summed E-state index contributed by atoms with van der Waals surface area (Å²) >= 11 is 0. The van der Waals surface area contributed by atoms with Crippen LogP contribution >= 0.6 is 0 Å². The third-order valence-corrected chi connectivity index (χ3v) is 6.59. The van der Waals surface area contributed by atoms with Crippen LogP contribution in [0.4, 0.5) is 11.4 Å². The molecule has 1 unspecified atom stereocenters. The first kappa shape index (κ1) is 20.9. The zero-order chi connectivity index (χ0) is 24.3. The fraction of sp³-hybridized carbons (Fsp3) is 0.0714. The number of ketones is 1. The van der Waals surface area contributed by atoms with Gasteiger partial charge in [-0.1, -0.05) is 54.6 Å². The number of rotatable bonds is 3. The second kappa shape index (κ2) is 7.44. The van der Waals surface area contributed by atoms with E-state index in [0.29, 0.717) is 27.8 Å². The van der Waals surface area contributed by atoms with E-state index in [2.05, 4.69) is 4.98 Å². The maximum absolute atomic E-state index is 13.9. The van der Waals surface area contributed by atoms with Gasteiger partial charge in [0.25, 0.3) is 5.91 Å². The molecule has 7 nitrogen and oxygen atoms in total. The van der Waals surface area contributed by atoms with Crippen molar-refractivity contribution in [2.24, 2.45) is 5.73 Å². The molecule has 0 aliphatic carbocycles. The molecule has 0 saturated heterocycles. The first-order valence-corrected chi connectivity index (χ1v) is 11.2. The number of hydrogen-bond acceptors (Lipinski definition) is 5. The number of para-hydroxylation sites is 3. The van der Waals surface area contributed by atoms with Crippen LogP contribution in [0.5, 0.6) is 0 Å². The van der Waals surface area contributed by atoms with Crippen LogP contribution in [0, 0.1) is 0 Å². The average Bonchev–Trinajstić information content (AvgIpc) is 3.34. The number of fused-ring (bicyclic) bond motifs is 4. The SMILES string of the molecule is CC(=O)n1c2ccccc2c2cc(C(=O)C3(N)C(=O)N(c4ccccc4)c4ccccc43)ncc21. The van der Waals surface area contributed by atoms with Crippen LogP contribution < -0.4 is 10.6 Å². The van der Waals surface area contributed by atoms with Gasteiger partial charge in [0.2, 0.25) is 11.7 Å². The summed E-state index contributed by atoms with van der Waals surface area (Å²) in [5.41, 5.74) is 7.73. The molecule has 3 heterocycles. The van der Waals surface area contributed by atoms with Crippen molar-refractivity contribution in [2.75, 3.05) is 4.90 Å². The van der Waals surface area contributed by atoms with Crippen molar-refractivity contribution in [2.45, 2.75) is 12.5 Å². The van der Waals surface area contributed by atoms with Crippen molar-refractivity contribution in [3.05, 3.63) is 102 Å². The van der Waals surface area contributed by atoms with Gasteiger partial charge in [-0.15, -0.1) is 0 Å². The van der Waals surface area contributed by atoms with E-state index in [-0.39, 0.29) is 11.6 Å². The van der Waals surface area contributed by atoms with Gasteiger partial charge in [0.15, 0.2) is 5.54 Å². The number of aromatic nitrogens is 2. The van der Waals surface area contributed by atoms with Crippen molar-refractivity contribution < 1.29 is 14.4 Å². The first-order chi connectivity index (χ1) is 16.9. The van der Waals surface area contributed by atoms with E-state index in [1.165, 1.54) is 18.0 Å². The highest BCUT2D eigenvalue weighted by Crippen LogP contribution is 2.44. The van der Waals surface area contributed by atoms with E-state index in [4.69, 9.17) is 5.73 Å². The van der Waals surface area contributed by atoms with E-state index in [1.807, 2.05) is 42.5 Å². The molecule has 2 N–H and O–H groups in total. The second-order valence-electron chi connectivity index (χ2n) is 8.59. The number of amides is 1. The largest absolute Gasteiger partial charge is 0.307 e. The Bertz CT molecular complexity index is 1690. The molecule has 5 aromatic rings. The van der Waals surface area contributed by atoms with E-state index in [0.717, 1.165) is 10.9 Å².